The largest absolute Gasteiger partial charge is 0.463 e. The van der Waals surface area contributed by atoms with Crippen molar-refractivity contribution in [1.29, 1.82) is 0 Å². The van der Waals surface area contributed by atoms with Crippen LogP contribution in [-0.4, -0.2) is 6.21 Å². The molecule has 0 atom stereocenters. The molecule has 2 rings (SSSR count). The van der Waals surface area contributed by atoms with E-state index in [1.54, 1.807) is 12.5 Å². The topological polar surface area (TPSA) is 37.5 Å². The standard InChI is InChI=1S/C12H11ClN2O/c13-11-5-3-10(4-6-11)8-14-15-9-12-2-1-7-16-12/h1-7,9,14H,8H2/b15-9-. The maximum absolute atomic E-state index is 5.78. The first-order valence-corrected chi connectivity index (χ1v) is 5.26. The average molecular weight is 235 g/mol. The fourth-order valence-corrected chi connectivity index (χ4v) is 1.34. The monoisotopic (exact) mass is 234 g/mol. The molecule has 1 aromatic heterocycles. The summed E-state index contributed by atoms with van der Waals surface area (Å²) in [5.41, 5.74) is 4.05. The van der Waals surface area contributed by atoms with Crippen LogP contribution in [0.15, 0.2) is 52.2 Å². The van der Waals surface area contributed by atoms with Crippen molar-refractivity contribution in [3.8, 4) is 0 Å². The number of rotatable bonds is 4. The van der Waals surface area contributed by atoms with Crippen molar-refractivity contribution in [2.24, 2.45) is 5.10 Å². The van der Waals surface area contributed by atoms with E-state index in [1.807, 2.05) is 36.4 Å². The molecular weight excluding hydrogens is 224 g/mol. The van der Waals surface area contributed by atoms with E-state index < -0.39 is 0 Å². The van der Waals surface area contributed by atoms with Crippen molar-refractivity contribution in [3.63, 3.8) is 0 Å². The zero-order valence-corrected chi connectivity index (χ0v) is 9.32. The zero-order chi connectivity index (χ0) is 11.2. The molecule has 0 spiro atoms. The Morgan fingerprint density at radius 2 is 2.06 bits per heavy atom. The van der Waals surface area contributed by atoms with Gasteiger partial charge in [-0.1, -0.05) is 23.7 Å². The molecule has 82 valence electrons. The Labute approximate surface area is 98.7 Å². The molecule has 0 saturated carbocycles. The Balaban J connectivity index is 1.82. The van der Waals surface area contributed by atoms with Gasteiger partial charge in [0.05, 0.1) is 19.0 Å². The molecule has 0 saturated heterocycles. The van der Waals surface area contributed by atoms with E-state index in [9.17, 15) is 0 Å². The number of furan rings is 1. The summed E-state index contributed by atoms with van der Waals surface area (Å²) in [6, 6.07) is 11.3. The van der Waals surface area contributed by atoms with Crippen LogP contribution in [0.4, 0.5) is 0 Å². The minimum atomic E-state index is 0.661. The maximum atomic E-state index is 5.78. The summed E-state index contributed by atoms with van der Waals surface area (Å²) < 4.78 is 5.09. The smallest absolute Gasteiger partial charge is 0.146 e. The minimum absolute atomic E-state index is 0.661. The van der Waals surface area contributed by atoms with Crippen LogP contribution < -0.4 is 5.43 Å². The van der Waals surface area contributed by atoms with Gasteiger partial charge >= 0.3 is 0 Å². The normalized spacial score (nSPS) is 10.8. The fourth-order valence-electron chi connectivity index (χ4n) is 1.21. The van der Waals surface area contributed by atoms with Crippen LogP contribution in [0, 0.1) is 0 Å². The number of hydrogen-bond donors (Lipinski definition) is 1. The second-order valence-corrected chi connectivity index (χ2v) is 3.67. The number of nitrogens with zero attached hydrogens (tertiary/aromatic N) is 1. The van der Waals surface area contributed by atoms with Gasteiger partial charge in [-0.25, -0.2) is 0 Å². The zero-order valence-electron chi connectivity index (χ0n) is 8.56. The lowest BCUT2D eigenvalue weighted by Gasteiger charge is -2.00. The number of nitrogens with one attached hydrogen (secondary N) is 1. The predicted octanol–water partition coefficient (Wildman–Crippen LogP) is 3.06. The fraction of sp³-hybridized carbons (Fsp3) is 0.0833. The molecule has 0 aliphatic carbocycles. The number of benzene rings is 1. The molecule has 0 aliphatic rings. The summed E-state index contributed by atoms with van der Waals surface area (Å²) in [7, 11) is 0. The van der Waals surface area contributed by atoms with Crippen LogP contribution in [-0.2, 0) is 6.54 Å². The van der Waals surface area contributed by atoms with Crippen molar-refractivity contribution in [1.82, 2.24) is 5.43 Å². The minimum Gasteiger partial charge on any atom is -0.463 e. The third-order valence-corrected chi connectivity index (χ3v) is 2.27. The van der Waals surface area contributed by atoms with E-state index in [2.05, 4.69) is 10.5 Å². The molecule has 0 unspecified atom stereocenters. The lowest BCUT2D eigenvalue weighted by Crippen LogP contribution is -2.04. The first kappa shape index (κ1) is 10.8. The molecule has 0 bridgehead atoms. The van der Waals surface area contributed by atoms with Gasteiger partial charge in [0.15, 0.2) is 0 Å². The highest BCUT2D eigenvalue weighted by Crippen LogP contribution is 2.08. The van der Waals surface area contributed by atoms with Crippen molar-refractivity contribution < 1.29 is 4.42 Å². The average Bonchev–Trinajstić information content (AvgIpc) is 2.80. The third kappa shape index (κ3) is 3.14. The molecular formula is C12H11ClN2O. The summed E-state index contributed by atoms with van der Waals surface area (Å²) in [6.45, 7) is 0.661. The van der Waals surface area contributed by atoms with E-state index in [-0.39, 0.29) is 0 Å². The third-order valence-electron chi connectivity index (χ3n) is 2.02. The van der Waals surface area contributed by atoms with Crippen molar-refractivity contribution in [2.75, 3.05) is 0 Å². The van der Waals surface area contributed by atoms with Gasteiger partial charge in [-0.3, -0.25) is 0 Å². The van der Waals surface area contributed by atoms with Gasteiger partial charge in [0.2, 0.25) is 0 Å². The van der Waals surface area contributed by atoms with Crippen LogP contribution in [0.25, 0.3) is 0 Å². The molecule has 2 aromatic rings. The molecule has 1 heterocycles. The van der Waals surface area contributed by atoms with E-state index in [0.717, 1.165) is 16.3 Å². The first-order chi connectivity index (χ1) is 7.84. The molecule has 1 N–H and O–H groups in total. The quantitative estimate of drug-likeness (QED) is 0.652. The van der Waals surface area contributed by atoms with Crippen molar-refractivity contribution >= 4 is 17.8 Å². The molecule has 16 heavy (non-hydrogen) atoms. The second kappa shape index (κ2) is 5.37. The Hall–Kier alpha value is -1.74. The lowest BCUT2D eigenvalue weighted by molar-refractivity contribution is 0.559. The molecule has 4 heteroatoms. The molecule has 0 fully saturated rings. The van der Waals surface area contributed by atoms with Crippen molar-refractivity contribution in [3.05, 3.63) is 59.0 Å². The van der Waals surface area contributed by atoms with Gasteiger partial charge in [-0.2, -0.15) is 5.10 Å². The lowest BCUT2D eigenvalue weighted by atomic mass is 10.2. The maximum Gasteiger partial charge on any atom is 0.146 e. The van der Waals surface area contributed by atoms with E-state index >= 15 is 0 Å². The van der Waals surface area contributed by atoms with Gasteiger partial charge in [0.25, 0.3) is 0 Å². The Morgan fingerprint density at radius 1 is 1.25 bits per heavy atom. The molecule has 0 aliphatic heterocycles. The molecule has 1 aromatic carbocycles. The number of halogens is 1. The summed E-state index contributed by atoms with van der Waals surface area (Å²) >= 11 is 5.78. The van der Waals surface area contributed by atoms with Crippen LogP contribution in [0.5, 0.6) is 0 Å². The van der Waals surface area contributed by atoms with Crippen LogP contribution in [0.2, 0.25) is 5.02 Å². The molecule has 0 amide bonds. The Bertz CT molecular complexity index is 448. The van der Waals surface area contributed by atoms with Crippen LogP contribution in [0.1, 0.15) is 11.3 Å². The van der Waals surface area contributed by atoms with E-state index in [1.165, 1.54) is 0 Å². The first-order valence-electron chi connectivity index (χ1n) is 4.88. The van der Waals surface area contributed by atoms with Crippen molar-refractivity contribution in [2.45, 2.75) is 6.54 Å². The van der Waals surface area contributed by atoms with Gasteiger partial charge in [-0.15, -0.1) is 0 Å². The van der Waals surface area contributed by atoms with E-state index in [0.29, 0.717) is 6.54 Å². The highest BCUT2D eigenvalue weighted by molar-refractivity contribution is 6.30. The summed E-state index contributed by atoms with van der Waals surface area (Å²) in [4.78, 5) is 0. The molecule has 3 nitrogen and oxygen atoms in total. The molecule has 0 radical (unpaired) electrons. The summed E-state index contributed by atoms with van der Waals surface area (Å²) in [5, 5.41) is 4.77. The van der Waals surface area contributed by atoms with Crippen LogP contribution in [0.3, 0.4) is 0 Å². The SMILES string of the molecule is Clc1ccc(CN/N=C\c2ccco2)cc1. The van der Waals surface area contributed by atoms with Gasteiger partial charge in [-0.05, 0) is 29.8 Å². The summed E-state index contributed by atoms with van der Waals surface area (Å²) in [6.07, 6.45) is 3.25. The highest BCUT2D eigenvalue weighted by Gasteiger charge is 1.91. The van der Waals surface area contributed by atoms with Gasteiger partial charge in [0.1, 0.15) is 5.76 Å². The Kier molecular flexibility index (Phi) is 3.62. The van der Waals surface area contributed by atoms with Gasteiger partial charge < -0.3 is 9.84 Å². The summed E-state index contributed by atoms with van der Waals surface area (Å²) in [5.74, 6) is 0.726. The number of hydrazone groups is 1. The Morgan fingerprint density at radius 3 is 2.75 bits per heavy atom. The second-order valence-electron chi connectivity index (χ2n) is 3.23. The van der Waals surface area contributed by atoms with E-state index in [4.69, 9.17) is 16.0 Å². The number of hydrogen-bond acceptors (Lipinski definition) is 3. The predicted molar refractivity (Wildman–Crippen MR) is 64.6 cm³/mol. The van der Waals surface area contributed by atoms with Crippen LogP contribution >= 0.6 is 11.6 Å². The highest BCUT2D eigenvalue weighted by atomic mass is 35.5. The van der Waals surface area contributed by atoms with Gasteiger partial charge in [0, 0.05) is 5.02 Å².